The van der Waals surface area contributed by atoms with Crippen LogP contribution in [0.4, 0.5) is 5.69 Å². The first kappa shape index (κ1) is 13.9. The average molecular weight is 275 g/mol. The van der Waals surface area contributed by atoms with Crippen LogP contribution in [0.15, 0.2) is 48.5 Å². The summed E-state index contributed by atoms with van der Waals surface area (Å²) in [5.74, 6) is 0. The van der Waals surface area contributed by atoms with Crippen LogP contribution in [0.3, 0.4) is 0 Å². The lowest BCUT2D eigenvalue weighted by Gasteiger charge is -2.25. The van der Waals surface area contributed by atoms with Gasteiger partial charge in [0.1, 0.15) is 0 Å². The molecule has 0 amide bonds. The summed E-state index contributed by atoms with van der Waals surface area (Å²) in [4.78, 5) is 2.22. The Bertz CT molecular complexity index is 540. The molecule has 0 aliphatic heterocycles. The maximum Gasteiger partial charge on any atom is 0.0639 e. The van der Waals surface area contributed by atoms with Gasteiger partial charge in [0.05, 0.1) is 10.7 Å². The molecule has 3 heteroatoms. The SMILES string of the molecule is Cc1cccc(CN(CCN)c2ccccc2Cl)c1. The van der Waals surface area contributed by atoms with E-state index < -0.39 is 0 Å². The molecule has 0 radical (unpaired) electrons. The van der Waals surface area contributed by atoms with Crippen molar-refractivity contribution in [1.29, 1.82) is 0 Å². The predicted molar refractivity (Wildman–Crippen MR) is 82.7 cm³/mol. The van der Waals surface area contributed by atoms with E-state index in [0.717, 1.165) is 23.8 Å². The Kier molecular flexibility index (Phi) is 4.83. The number of para-hydroxylation sites is 1. The largest absolute Gasteiger partial charge is 0.365 e. The van der Waals surface area contributed by atoms with Gasteiger partial charge in [-0.1, -0.05) is 53.6 Å². The monoisotopic (exact) mass is 274 g/mol. The molecule has 0 saturated carbocycles. The molecule has 0 spiro atoms. The number of nitrogens with zero attached hydrogens (tertiary/aromatic N) is 1. The van der Waals surface area contributed by atoms with Gasteiger partial charge in [-0.2, -0.15) is 0 Å². The first-order chi connectivity index (χ1) is 9.20. The minimum absolute atomic E-state index is 0.608. The zero-order chi connectivity index (χ0) is 13.7. The van der Waals surface area contributed by atoms with Crippen LogP contribution in [-0.4, -0.2) is 13.1 Å². The van der Waals surface area contributed by atoms with Gasteiger partial charge in [0.2, 0.25) is 0 Å². The van der Waals surface area contributed by atoms with E-state index in [4.69, 9.17) is 17.3 Å². The number of rotatable bonds is 5. The van der Waals surface area contributed by atoms with Gasteiger partial charge in [0.25, 0.3) is 0 Å². The van der Waals surface area contributed by atoms with E-state index in [0.29, 0.717) is 6.54 Å². The zero-order valence-electron chi connectivity index (χ0n) is 11.1. The van der Waals surface area contributed by atoms with Crippen LogP contribution in [0.25, 0.3) is 0 Å². The minimum atomic E-state index is 0.608. The third-order valence-electron chi connectivity index (χ3n) is 3.05. The molecule has 0 unspecified atom stereocenters. The first-order valence-electron chi connectivity index (χ1n) is 6.46. The highest BCUT2D eigenvalue weighted by Crippen LogP contribution is 2.26. The summed E-state index contributed by atoms with van der Waals surface area (Å²) in [7, 11) is 0. The van der Waals surface area contributed by atoms with E-state index in [1.807, 2.05) is 24.3 Å². The Morgan fingerprint density at radius 2 is 1.89 bits per heavy atom. The van der Waals surface area contributed by atoms with Crippen molar-refractivity contribution in [3.05, 3.63) is 64.7 Å². The number of hydrogen-bond acceptors (Lipinski definition) is 2. The maximum absolute atomic E-state index is 6.27. The second kappa shape index (κ2) is 6.60. The first-order valence-corrected chi connectivity index (χ1v) is 6.83. The highest BCUT2D eigenvalue weighted by molar-refractivity contribution is 6.33. The van der Waals surface area contributed by atoms with Gasteiger partial charge in [0, 0.05) is 19.6 Å². The zero-order valence-corrected chi connectivity index (χ0v) is 11.9. The second-order valence-electron chi connectivity index (χ2n) is 4.65. The summed E-state index contributed by atoms with van der Waals surface area (Å²) in [5, 5.41) is 0.767. The van der Waals surface area contributed by atoms with Crippen LogP contribution in [0.2, 0.25) is 5.02 Å². The van der Waals surface area contributed by atoms with Crippen LogP contribution >= 0.6 is 11.6 Å². The Morgan fingerprint density at radius 1 is 1.11 bits per heavy atom. The highest BCUT2D eigenvalue weighted by atomic mass is 35.5. The lowest BCUT2D eigenvalue weighted by molar-refractivity contribution is 0.790. The van der Waals surface area contributed by atoms with Crippen molar-refractivity contribution in [2.24, 2.45) is 5.73 Å². The van der Waals surface area contributed by atoms with Gasteiger partial charge < -0.3 is 10.6 Å². The van der Waals surface area contributed by atoms with Gasteiger partial charge in [-0.05, 0) is 24.6 Å². The normalized spacial score (nSPS) is 10.5. The molecule has 0 bridgehead atoms. The molecule has 19 heavy (non-hydrogen) atoms. The summed E-state index contributed by atoms with van der Waals surface area (Å²) in [6.07, 6.45) is 0. The van der Waals surface area contributed by atoms with Gasteiger partial charge in [-0.15, -0.1) is 0 Å². The van der Waals surface area contributed by atoms with Crippen molar-refractivity contribution in [3.8, 4) is 0 Å². The van der Waals surface area contributed by atoms with E-state index in [2.05, 4.69) is 36.1 Å². The second-order valence-corrected chi connectivity index (χ2v) is 5.06. The van der Waals surface area contributed by atoms with Crippen LogP contribution in [0.1, 0.15) is 11.1 Å². The molecule has 2 rings (SSSR count). The number of hydrogen-bond donors (Lipinski definition) is 1. The molecular formula is C16H19ClN2. The average Bonchev–Trinajstić information content (AvgIpc) is 2.39. The van der Waals surface area contributed by atoms with E-state index in [1.54, 1.807) is 0 Å². The van der Waals surface area contributed by atoms with Crippen molar-refractivity contribution in [2.75, 3.05) is 18.0 Å². The number of anilines is 1. The quantitative estimate of drug-likeness (QED) is 0.902. The van der Waals surface area contributed by atoms with Crippen LogP contribution in [0.5, 0.6) is 0 Å². The fourth-order valence-corrected chi connectivity index (χ4v) is 2.43. The lowest BCUT2D eigenvalue weighted by Crippen LogP contribution is -2.29. The summed E-state index contributed by atoms with van der Waals surface area (Å²) >= 11 is 6.27. The van der Waals surface area contributed by atoms with Gasteiger partial charge in [0.15, 0.2) is 0 Å². The van der Waals surface area contributed by atoms with Crippen molar-refractivity contribution in [3.63, 3.8) is 0 Å². The van der Waals surface area contributed by atoms with Crippen LogP contribution in [0, 0.1) is 6.92 Å². The molecule has 2 aromatic rings. The third-order valence-corrected chi connectivity index (χ3v) is 3.37. The number of benzene rings is 2. The van der Waals surface area contributed by atoms with E-state index in [1.165, 1.54) is 11.1 Å². The lowest BCUT2D eigenvalue weighted by atomic mass is 10.1. The predicted octanol–water partition coefficient (Wildman–Crippen LogP) is 3.61. The fourth-order valence-electron chi connectivity index (χ4n) is 2.18. The molecule has 0 aliphatic rings. The molecule has 0 saturated heterocycles. The molecule has 100 valence electrons. The molecule has 0 atom stereocenters. The van der Waals surface area contributed by atoms with Crippen molar-refractivity contribution in [1.82, 2.24) is 0 Å². The van der Waals surface area contributed by atoms with Gasteiger partial charge in [-0.25, -0.2) is 0 Å². The van der Waals surface area contributed by atoms with E-state index in [-0.39, 0.29) is 0 Å². The number of nitrogens with two attached hydrogens (primary N) is 1. The highest BCUT2D eigenvalue weighted by Gasteiger charge is 2.09. The Morgan fingerprint density at radius 3 is 2.58 bits per heavy atom. The molecule has 0 heterocycles. The van der Waals surface area contributed by atoms with E-state index >= 15 is 0 Å². The van der Waals surface area contributed by atoms with Gasteiger partial charge >= 0.3 is 0 Å². The maximum atomic E-state index is 6.27. The molecule has 2 nitrogen and oxygen atoms in total. The molecular weight excluding hydrogens is 256 g/mol. The smallest absolute Gasteiger partial charge is 0.0639 e. The summed E-state index contributed by atoms with van der Waals surface area (Å²) in [6, 6.07) is 16.4. The summed E-state index contributed by atoms with van der Waals surface area (Å²) in [5.41, 5.74) is 9.29. The Balaban J connectivity index is 2.24. The van der Waals surface area contributed by atoms with Gasteiger partial charge in [-0.3, -0.25) is 0 Å². The van der Waals surface area contributed by atoms with E-state index in [9.17, 15) is 0 Å². The standard InChI is InChI=1S/C16H19ClN2/c1-13-5-4-6-14(11-13)12-19(10-9-18)16-8-3-2-7-15(16)17/h2-8,11H,9-10,12,18H2,1H3. The molecule has 2 aromatic carbocycles. The van der Waals surface area contributed by atoms with Crippen molar-refractivity contribution < 1.29 is 0 Å². The topological polar surface area (TPSA) is 29.3 Å². The minimum Gasteiger partial charge on any atom is -0.365 e. The molecule has 0 aromatic heterocycles. The fraction of sp³-hybridized carbons (Fsp3) is 0.250. The summed E-state index contributed by atoms with van der Waals surface area (Å²) in [6.45, 7) is 4.32. The van der Waals surface area contributed by atoms with Crippen molar-refractivity contribution in [2.45, 2.75) is 13.5 Å². The Hall–Kier alpha value is -1.51. The molecule has 0 fully saturated rings. The number of halogens is 1. The molecule has 2 N–H and O–H groups in total. The third kappa shape index (κ3) is 3.72. The number of aryl methyl sites for hydroxylation is 1. The van der Waals surface area contributed by atoms with Crippen LogP contribution in [-0.2, 0) is 6.54 Å². The van der Waals surface area contributed by atoms with Crippen LogP contribution < -0.4 is 10.6 Å². The van der Waals surface area contributed by atoms with Crippen molar-refractivity contribution >= 4 is 17.3 Å². The molecule has 0 aliphatic carbocycles. The summed E-state index contributed by atoms with van der Waals surface area (Å²) < 4.78 is 0. The Labute approximate surface area is 119 Å².